The molecule has 1 N–H and O–H groups in total. The number of pyridine rings is 1. The first-order valence-electron chi connectivity index (χ1n) is 7.62. The highest BCUT2D eigenvalue weighted by molar-refractivity contribution is 5.95. The van der Waals surface area contributed by atoms with E-state index < -0.39 is 0 Å². The molecule has 116 valence electrons. The van der Waals surface area contributed by atoms with Gasteiger partial charge in [0.15, 0.2) is 0 Å². The Bertz CT molecular complexity index is 502. The third-order valence-electron chi connectivity index (χ3n) is 3.68. The molecule has 0 spiro atoms. The minimum absolute atomic E-state index is 0.0631. The molecule has 0 aromatic carbocycles. The molecule has 5 nitrogen and oxygen atoms in total. The summed E-state index contributed by atoms with van der Waals surface area (Å²) in [5, 5.41) is 3.04. The Balaban J connectivity index is 2.26. The molecular weight excluding hydrogens is 266 g/mol. The van der Waals surface area contributed by atoms with E-state index in [2.05, 4.69) is 24.1 Å². The number of ether oxygens (including phenoxy) is 1. The number of carbonyl (C=O) groups is 1. The van der Waals surface area contributed by atoms with Crippen molar-refractivity contribution < 1.29 is 9.53 Å². The fraction of sp³-hybridized carbons (Fsp3) is 0.625. The second kappa shape index (κ2) is 6.89. The predicted molar refractivity (Wildman–Crippen MR) is 83.8 cm³/mol. The van der Waals surface area contributed by atoms with E-state index in [0.29, 0.717) is 12.1 Å². The number of nitrogens with zero attached hydrogens (tertiary/aromatic N) is 2. The molecule has 21 heavy (non-hydrogen) atoms. The van der Waals surface area contributed by atoms with Gasteiger partial charge in [0.1, 0.15) is 5.82 Å². The second-order valence-corrected chi connectivity index (χ2v) is 5.86. The van der Waals surface area contributed by atoms with Gasteiger partial charge in [0.05, 0.1) is 6.10 Å². The van der Waals surface area contributed by atoms with Gasteiger partial charge in [-0.1, -0.05) is 13.8 Å². The lowest BCUT2D eigenvalue weighted by atomic mass is 10.1. The summed E-state index contributed by atoms with van der Waals surface area (Å²) >= 11 is 0. The lowest BCUT2D eigenvalue weighted by molar-refractivity contribution is 0.0562. The van der Waals surface area contributed by atoms with Crippen LogP contribution in [0.3, 0.4) is 0 Å². The fourth-order valence-electron chi connectivity index (χ4n) is 2.46. The Hall–Kier alpha value is -1.62. The molecule has 1 saturated heterocycles. The highest BCUT2D eigenvalue weighted by atomic mass is 16.5. The van der Waals surface area contributed by atoms with Gasteiger partial charge in [0.25, 0.3) is 5.91 Å². The lowest BCUT2D eigenvalue weighted by Crippen LogP contribution is -2.36. The highest BCUT2D eigenvalue weighted by Crippen LogP contribution is 2.19. The van der Waals surface area contributed by atoms with E-state index in [9.17, 15) is 4.79 Å². The quantitative estimate of drug-likeness (QED) is 0.929. The predicted octanol–water partition coefficient (Wildman–Crippen LogP) is 2.50. The van der Waals surface area contributed by atoms with Gasteiger partial charge in [-0.15, -0.1) is 0 Å². The fourth-order valence-corrected chi connectivity index (χ4v) is 2.46. The monoisotopic (exact) mass is 291 g/mol. The van der Waals surface area contributed by atoms with Gasteiger partial charge in [0.2, 0.25) is 0 Å². The first kappa shape index (κ1) is 15.8. The molecule has 1 aliphatic rings. The molecule has 1 amide bonds. The largest absolute Gasteiger partial charge is 0.377 e. The van der Waals surface area contributed by atoms with Crippen LogP contribution in [0.5, 0.6) is 0 Å². The lowest BCUT2D eigenvalue weighted by Gasteiger charge is -2.23. The van der Waals surface area contributed by atoms with Crippen LogP contribution in [0.4, 0.5) is 5.82 Å². The van der Waals surface area contributed by atoms with E-state index >= 15 is 0 Å². The van der Waals surface area contributed by atoms with Crippen LogP contribution in [0, 0.1) is 0 Å². The first-order chi connectivity index (χ1) is 10.0. The summed E-state index contributed by atoms with van der Waals surface area (Å²) in [7, 11) is 1.82. The van der Waals surface area contributed by atoms with Gasteiger partial charge < -0.3 is 15.0 Å². The summed E-state index contributed by atoms with van der Waals surface area (Å²) in [4.78, 5) is 19.1. The smallest absolute Gasteiger partial charge is 0.254 e. The molecule has 0 aliphatic carbocycles. The molecule has 1 aromatic rings. The van der Waals surface area contributed by atoms with Crippen LogP contribution < -0.4 is 5.32 Å². The Kier molecular flexibility index (Phi) is 5.17. The molecule has 0 saturated carbocycles. The number of aromatic nitrogens is 1. The summed E-state index contributed by atoms with van der Waals surface area (Å²) in [5.41, 5.74) is 1.64. The van der Waals surface area contributed by atoms with Crippen molar-refractivity contribution in [2.24, 2.45) is 0 Å². The van der Waals surface area contributed by atoms with Gasteiger partial charge in [-0.2, -0.15) is 0 Å². The molecule has 0 bridgehead atoms. The average Bonchev–Trinajstić information content (AvgIpc) is 2.70. The minimum Gasteiger partial charge on any atom is -0.377 e. The molecular formula is C16H25N3O2. The maximum absolute atomic E-state index is 12.8. The van der Waals surface area contributed by atoms with Crippen molar-refractivity contribution in [3.8, 4) is 0 Å². The van der Waals surface area contributed by atoms with Gasteiger partial charge in [-0.25, -0.2) is 4.98 Å². The molecule has 5 heteroatoms. The van der Waals surface area contributed by atoms with Crippen LogP contribution in [0.15, 0.2) is 12.1 Å². The number of amides is 1. The summed E-state index contributed by atoms with van der Waals surface area (Å²) in [6.45, 7) is 8.29. The SMILES string of the molecule is CNc1cc(C(=O)N2CCCOC(C)C2)cc(C(C)C)n1. The average molecular weight is 291 g/mol. The Morgan fingerprint density at radius 2 is 2.24 bits per heavy atom. The minimum atomic E-state index is 0.0631. The topological polar surface area (TPSA) is 54.5 Å². The molecule has 2 heterocycles. The maximum atomic E-state index is 12.8. The Morgan fingerprint density at radius 1 is 1.48 bits per heavy atom. The third kappa shape index (κ3) is 3.94. The van der Waals surface area contributed by atoms with Crippen molar-refractivity contribution >= 4 is 11.7 Å². The number of rotatable bonds is 3. The molecule has 1 unspecified atom stereocenters. The van der Waals surface area contributed by atoms with Gasteiger partial charge in [-0.3, -0.25) is 4.79 Å². The van der Waals surface area contributed by atoms with Crippen LogP contribution in [0.25, 0.3) is 0 Å². The molecule has 1 atom stereocenters. The van der Waals surface area contributed by atoms with E-state index in [1.54, 1.807) is 0 Å². The standard InChI is InChI=1S/C16H25N3O2/c1-11(2)14-8-13(9-15(17-4)18-14)16(20)19-6-5-7-21-12(3)10-19/h8-9,11-12H,5-7,10H2,1-4H3,(H,17,18). The summed E-state index contributed by atoms with van der Waals surface area (Å²) in [6, 6.07) is 3.73. The van der Waals surface area contributed by atoms with Crippen molar-refractivity contribution in [3.63, 3.8) is 0 Å². The molecule has 0 radical (unpaired) electrons. The Labute approximate surface area is 126 Å². The third-order valence-corrected chi connectivity index (χ3v) is 3.68. The number of anilines is 1. The van der Waals surface area contributed by atoms with Crippen molar-refractivity contribution in [1.29, 1.82) is 0 Å². The van der Waals surface area contributed by atoms with E-state index in [1.807, 2.05) is 31.0 Å². The van der Waals surface area contributed by atoms with Gasteiger partial charge in [0, 0.05) is 38.0 Å². The summed E-state index contributed by atoms with van der Waals surface area (Å²) in [5.74, 6) is 1.09. The second-order valence-electron chi connectivity index (χ2n) is 5.86. The van der Waals surface area contributed by atoms with E-state index in [-0.39, 0.29) is 17.9 Å². The molecule has 1 aromatic heterocycles. The highest BCUT2D eigenvalue weighted by Gasteiger charge is 2.22. The number of carbonyl (C=O) groups excluding carboxylic acids is 1. The van der Waals surface area contributed by atoms with Crippen LogP contribution in [0.2, 0.25) is 0 Å². The van der Waals surface area contributed by atoms with Crippen LogP contribution >= 0.6 is 0 Å². The van der Waals surface area contributed by atoms with E-state index in [0.717, 1.165) is 31.1 Å². The molecule has 1 fully saturated rings. The Morgan fingerprint density at radius 3 is 2.90 bits per heavy atom. The van der Waals surface area contributed by atoms with Crippen molar-refractivity contribution in [2.45, 2.75) is 39.2 Å². The van der Waals surface area contributed by atoms with E-state index in [4.69, 9.17) is 4.74 Å². The zero-order valence-electron chi connectivity index (χ0n) is 13.3. The van der Waals surface area contributed by atoms with Crippen molar-refractivity contribution in [2.75, 3.05) is 32.1 Å². The van der Waals surface area contributed by atoms with Crippen LogP contribution in [-0.4, -0.2) is 48.6 Å². The normalized spacial score (nSPS) is 19.5. The zero-order chi connectivity index (χ0) is 15.4. The first-order valence-corrected chi connectivity index (χ1v) is 7.62. The summed E-state index contributed by atoms with van der Waals surface area (Å²) < 4.78 is 5.61. The van der Waals surface area contributed by atoms with Crippen molar-refractivity contribution in [3.05, 3.63) is 23.4 Å². The number of hydrogen-bond donors (Lipinski definition) is 1. The zero-order valence-corrected chi connectivity index (χ0v) is 13.3. The summed E-state index contributed by atoms with van der Waals surface area (Å²) in [6.07, 6.45) is 0.975. The van der Waals surface area contributed by atoms with Crippen LogP contribution in [0.1, 0.15) is 49.2 Å². The molecule has 2 rings (SSSR count). The van der Waals surface area contributed by atoms with E-state index in [1.165, 1.54) is 0 Å². The number of nitrogens with one attached hydrogen (secondary N) is 1. The van der Waals surface area contributed by atoms with Gasteiger partial charge >= 0.3 is 0 Å². The maximum Gasteiger partial charge on any atom is 0.254 e. The van der Waals surface area contributed by atoms with Crippen molar-refractivity contribution in [1.82, 2.24) is 9.88 Å². The number of hydrogen-bond acceptors (Lipinski definition) is 4. The molecule has 1 aliphatic heterocycles. The van der Waals surface area contributed by atoms with Crippen LogP contribution in [-0.2, 0) is 4.74 Å². The van der Waals surface area contributed by atoms with Gasteiger partial charge in [-0.05, 0) is 31.4 Å².